The van der Waals surface area contributed by atoms with Crippen molar-refractivity contribution in [2.24, 2.45) is 7.05 Å². The Balaban J connectivity index is 2.01. The van der Waals surface area contributed by atoms with E-state index in [0.717, 1.165) is 0 Å². The summed E-state index contributed by atoms with van der Waals surface area (Å²) < 4.78 is 27.9. The summed E-state index contributed by atoms with van der Waals surface area (Å²) in [5.41, 5.74) is 5.70. The molecular weight excluding hydrogens is 268 g/mol. The van der Waals surface area contributed by atoms with E-state index in [1.54, 1.807) is 24.1 Å². The Labute approximate surface area is 110 Å². The minimum Gasteiger partial charge on any atom is -0.396 e. The molecule has 0 unspecified atom stereocenters. The Morgan fingerprint density at radius 1 is 1.42 bits per heavy atom. The summed E-state index contributed by atoms with van der Waals surface area (Å²) in [6, 6.07) is 3.06. The number of nitrogens with two attached hydrogens (primary N) is 1. The largest absolute Gasteiger partial charge is 0.396 e. The maximum absolute atomic E-state index is 11.9. The molecule has 0 aromatic carbocycles. The third kappa shape index (κ3) is 3.26. The van der Waals surface area contributed by atoms with Gasteiger partial charge in [0.1, 0.15) is 6.33 Å². The normalized spacial score (nSPS) is 11.6. The average Bonchev–Trinajstić information content (AvgIpc) is 2.75. The Kier molecular flexibility index (Phi) is 3.76. The number of nitrogen functional groups attached to an aromatic ring is 1. The zero-order chi connectivity index (χ0) is 13.9. The van der Waals surface area contributed by atoms with Crippen LogP contribution >= 0.6 is 0 Å². The van der Waals surface area contributed by atoms with Crippen LogP contribution in [0.4, 0.5) is 5.69 Å². The third-order valence-electron chi connectivity index (χ3n) is 2.34. The van der Waals surface area contributed by atoms with Crippen LogP contribution in [0.5, 0.6) is 0 Å². The average molecular weight is 282 g/mol. The van der Waals surface area contributed by atoms with E-state index in [2.05, 4.69) is 19.8 Å². The summed E-state index contributed by atoms with van der Waals surface area (Å²) in [4.78, 5) is 7.77. The van der Waals surface area contributed by atoms with Gasteiger partial charge >= 0.3 is 0 Å². The number of hydrogen-bond acceptors (Lipinski definition) is 6. The van der Waals surface area contributed by atoms with E-state index in [4.69, 9.17) is 5.73 Å². The van der Waals surface area contributed by atoms with E-state index in [-0.39, 0.29) is 17.3 Å². The van der Waals surface area contributed by atoms with E-state index >= 15 is 0 Å². The molecule has 3 N–H and O–H groups in total. The van der Waals surface area contributed by atoms with Crippen molar-refractivity contribution >= 4 is 15.7 Å². The van der Waals surface area contributed by atoms with Crippen molar-refractivity contribution in [3.8, 4) is 0 Å². The zero-order valence-electron chi connectivity index (χ0n) is 10.3. The molecule has 9 heteroatoms. The number of hydrogen-bond donors (Lipinski definition) is 2. The first kappa shape index (κ1) is 13.4. The predicted octanol–water partition coefficient (Wildman–Crippen LogP) is -0.687. The van der Waals surface area contributed by atoms with Crippen molar-refractivity contribution in [3.63, 3.8) is 0 Å². The first-order valence-corrected chi connectivity index (χ1v) is 7.02. The zero-order valence-corrected chi connectivity index (χ0v) is 11.1. The Morgan fingerprint density at radius 3 is 2.84 bits per heavy atom. The van der Waals surface area contributed by atoms with Gasteiger partial charge < -0.3 is 5.73 Å². The van der Waals surface area contributed by atoms with Gasteiger partial charge in [0.25, 0.3) is 10.0 Å². The van der Waals surface area contributed by atoms with Gasteiger partial charge in [0.15, 0.2) is 10.9 Å². The molecule has 0 radical (unpaired) electrons. The molecule has 0 aliphatic heterocycles. The molecule has 102 valence electrons. The Bertz CT molecular complexity index is 666. The fraction of sp³-hybridized carbons (Fsp3) is 0.300. The molecule has 0 bridgehead atoms. The Morgan fingerprint density at radius 2 is 2.21 bits per heavy atom. The van der Waals surface area contributed by atoms with Crippen molar-refractivity contribution in [3.05, 3.63) is 30.5 Å². The highest BCUT2D eigenvalue weighted by molar-refractivity contribution is 7.89. The van der Waals surface area contributed by atoms with Gasteiger partial charge in [-0.05, 0) is 12.1 Å². The van der Waals surface area contributed by atoms with Crippen LogP contribution in [0.2, 0.25) is 0 Å². The van der Waals surface area contributed by atoms with Gasteiger partial charge in [0.05, 0.1) is 5.69 Å². The summed E-state index contributed by atoms with van der Waals surface area (Å²) in [6.45, 7) is 0.183. The topological polar surface area (TPSA) is 116 Å². The smallest absolute Gasteiger partial charge is 0.260 e. The van der Waals surface area contributed by atoms with Crippen LogP contribution < -0.4 is 10.5 Å². The number of rotatable bonds is 5. The molecular formula is C10H14N6O2S. The number of pyridine rings is 1. The molecule has 8 nitrogen and oxygen atoms in total. The lowest BCUT2D eigenvalue weighted by Crippen LogP contribution is -2.27. The van der Waals surface area contributed by atoms with Gasteiger partial charge in [-0.2, -0.15) is 5.10 Å². The molecule has 19 heavy (non-hydrogen) atoms. The highest BCUT2D eigenvalue weighted by Gasteiger charge is 2.18. The molecule has 2 aromatic rings. The molecule has 0 amide bonds. The molecule has 0 atom stereocenters. The lowest BCUT2D eigenvalue weighted by molar-refractivity contribution is 0.577. The van der Waals surface area contributed by atoms with Crippen LogP contribution in [-0.2, 0) is 23.5 Å². The maximum atomic E-state index is 11.9. The molecule has 2 rings (SSSR count). The molecule has 2 aromatic heterocycles. The lowest BCUT2D eigenvalue weighted by atomic mass is 10.4. The number of nitrogens with zero attached hydrogens (tertiary/aromatic N) is 4. The molecule has 2 heterocycles. The molecule has 0 spiro atoms. The highest BCUT2D eigenvalue weighted by atomic mass is 32.2. The number of sulfonamides is 1. The summed E-state index contributed by atoms with van der Waals surface area (Å²) in [5, 5.41) is 3.89. The monoisotopic (exact) mass is 282 g/mol. The quantitative estimate of drug-likeness (QED) is 0.750. The van der Waals surface area contributed by atoms with Crippen molar-refractivity contribution in [1.29, 1.82) is 0 Å². The SMILES string of the molecule is Cn1cnc(CCNS(=O)(=O)c2ncccc2N)n1. The van der Waals surface area contributed by atoms with E-state index < -0.39 is 10.0 Å². The maximum Gasteiger partial charge on any atom is 0.260 e. The van der Waals surface area contributed by atoms with Crippen molar-refractivity contribution < 1.29 is 8.42 Å². The van der Waals surface area contributed by atoms with E-state index in [1.807, 2.05) is 0 Å². The van der Waals surface area contributed by atoms with E-state index in [1.165, 1.54) is 12.3 Å². The number of aromatic nitrogens is 4. The first-order valence-electron chi connectivity index (χ1n) is 5.54. The van der Waals surface area contributed by atoms with Gasteiger partial charge in [-0.15, -0.1) is 0 Å². The second kappa shape index (κ2) is 5.33. The Hall–Kier alpha value is -2.00. The minimum atomic E-state index is -3.70. The van der Waals surface area contributed by atoms with Crippen LogP contribution in [0, 0.1) is 0 Å². The number of anilines is 1. The fourth-order valence-corrected chi connectivity index (χ4v) is 2.58. The summed E-state index contributed by atoms with van der Waals surface area (Å²) in [7, 11) is -1.96. The third-order valence-corrected chi connectivity index (χ3v) is 3.78. The fourth-order valence-electron chi connectivity index (χ4n) is 1.49. The lowest BCUT2D eigenvalue weighted by Gasteiger charge is -2.06. The van der Waals surface area contributed by atoms with Gasteiger partial charge in [0, 0.05) is 26.2 Å². The van der Waals surface area contributed by atoms with Gasteiger partial charge in [-0.1, -0.05) is 0 Å². The number of nitrogens with one attached hydrogen (secondary N) is 1. The van der Waals surface area contributed by atoms with Crippen molar-refractivity contribution in [2.45, 2.75) is 11.4 Å². The second-order valence-corrected chi connectivity index (χ2v) is 5.56. The van der Waals surface area contributed by atoms with E-state index in [0.29, 0.717) is 12.2 Å². The first-order chi connectivity index (χ1) is 8.99. The van der Waals surface area contributed by atoms with Crippen molar-refractivity contribution in [2.75, 3.05) is 12.3 Å². The minimum absolute atomic E-state index is 0.117. The summed E-state index contributed by atoms with van der Waals surface area (Å²) in [6.07, 6.45) is 3.33. The highest BCUT2D eigenvalue weighted by Crippen LogP contribution is 2.13. The van der Waals surface area contributed by atoms with Gasteiger partial charge in [0.2, 0.25) is 0 Å². The van der Waals surface area contributed by atoms with Crippen molar-refractivity contribution in [1.82, 2.24) is 24.5 Å². The standard InChI is InChI=1S/C10H14N6O2S/c1-16-7-13-9(15-16)4-6-14-19(17,18)10-8(11)3-2-5-12-10/h2-3,5,7,14H,4,6,11H2,1H3. The van der Waals surface area contributed by atoms with Gasteiger partial charge in [-0.25, -0.2) is 23.1 Å². The van der Waals surface area contributed by atoms with Crippen LogP contribution in [0.15, 0.2) is 29.7 Å². The predicted molar refractivity (Wildman–Crippen MR) is 68.5 cm³/mol. The van der Waals surface area contributed by atoms with Crippen LogP contribution in [-0.4, -0.2) is 34.7 Å². The van der Waals surface area contributed by atoms with Crippen LogP contribution in [0.1, 0.15) is 5.82 Å². The van der Waals surface area contributed by atoms with E-state index in [9.17, 15) is 8.42 Å². The molecule has 0 fully saturated rings. The summed E-state index contributed by atoms with van der Waals surface area (Å²) >= 11 is 0. The van der Waals surface area contributed by atoms with Crippen LogP contribution in [0.3, 0.4) is 0 Å². The second-order valence-electron chi connectivity index (χ2n) is 3.88. The number of aryl methyl sites for hydroxylation is 1. The molecule has 0 saturated carbocycles. The molecule has 0 saturated heterocycles. The van der Waals surface area contributed by atoms with Crippen LogP contribution in [0.25, 0.3) is 0 Å². The summed E-state index contributed by atoms with van der Waals surface area (Å²) in [5.74, 6) is 0.569. The molecule has 0 aliphatic rings. The van der Waals surface area contributed by atoms with Gasteiger partial charge in [-0.3, -0.25) is 4.68 Å². The molecule has 0 aliphatic carbocycles.